The van der Waals surface area contributed by atoms with Crippen LogP contribution in [0.15, 0.2) is 48.4 Å². The molecule has 130 valence electrons. The van der Waals surface area contributed by atoms with E-state index in [1.165, 1.54) is 31.8 Å². The van der Waals surface area contributed by atoms with E-state index in [1.54, 1.807) is 6.92 Å². The smallest absolute Gasteiger partial charge is 0.125 e. The summed E-state index contributed by atoms with van der Waals surface area (Å²) in [5.41, 5.74) is 1.33. The summed E-state index contributed by atoms with van der Waals surface area (Å²) < 4.78 is 13.6. The molecule has 0 aromatic rings. The van der Waals surface area contributed by atoms with Crippen LogP contribution in [0.2, 0.25) is 0 Å². The molecule has 0 N–H and O–H groups in total. The SMILES string of the molecule is C=C(C)/C(F)=C\C(=C)C(C)CCC(C)/C=C/C1CCC(C)CC1. The van der Waals surface area contributed by atoms with Crippen molar-refractivity contribution in [1.82, 2.24) is 0 Å². The molecule has 0 bridgehead atoms. The molecule has 23 heavy (non-hydrogen) atoms. The highest BCUT2D eigenvalue weighted by Gasteiger charge is 2.16. The highest BCUT2D eigenvalue weighted by atomic mass is 19.1. The predicted octanol–water partition coefficient (Wildman–Crippen LogP) is 7.41. The Morgan fingerprint density at radius 2 is 1.74 bits per heavy atom. The van der Waals surface area contributed by atoms with E-state index in [0.29, 0.717) is 17.4 Å². The second-order valence-corrected chi connectivity index (χ2v) is 7.71. The van der Waals surface area contributed by atoms with Crippen LogP contribution in [-0.4, -0.2) is 0 Å². The summed E-state index contributed by atoms with van der Waals surface area (Å²) in [6.45, 7) is 16.1. The van der Waals surface area contributed by atoms with Crippen LogP contribution >= 0.6 is 0 Å². The molecule has 0 amide bonds. The van der Waals surface area contributed by atoms with Crippen molar-refractivity contribution < 1.29 is 4.39 Å². The first-order valence-corrected chi connectivity index (χ1v) is 9.19. The fourth-order valence-corrected chi connectivity index (χ4v) is 3.05. The van der Waals surface area contributed by atoms with Gasteiger partial charge < -0.3 is 0 Å². The van der Waals surface area contributed by atoms with E-state index >= 15 is 0 Å². The lowest BCUT2D eigenvalue weighted by atomic mass is 9.82. The first kappa shape index (κ1) is 19.9. The quantitative estimate of drug-likeness (QED) is 0.323. The van der Waals surface area contributed by atoms with Gasteiger partial charge >= 0.3 is 0 Å². The van der Waals surface area contributed by atoms with Gasteiger partial charge in [-0.2, -0.15) is 0 Å². The van der Waals surface area contributed by atoms with Crippen molar-refractivity contribution in [2.75, 3.05) is 0 Å². The number of hydrogen-bond donors (Lipinski definition) is 0. The van der Waals surface area contributed by atoms with E-state index in [9.17, 15) is 4.39 Å². The third-order valence-corrected chi connectivity index (χ3v) is 5.18. The van der Waals surface area contributed by atoms with Crippen molar-refractivity contribution in [3.8, 4) is 0 Å². The zero-order chi connectivity index (χ0) is 17.4. The maximum atomic E-state index is 13.6. The third kappa shape index (κ3) is 7.81. The largest absolute Gasteiger partial charge is 0.207 e. The lowest BCUT2D eigenvalue weighted by molar-refractivity contribution is 0.329. The van der Waals surface area contributed by atoms with E-state index in [1.807, 2.05) is 0 Å². The van der Waals surface area contributed by atoms with Crippen LogP contribution < -0.4 is 0 Å². The van der Waals surface area contributed by atoms with Crippen LogP contribution in [0.4, 0.5) is 4.39 Å². The van der Waals surface area contributed by atoms with Gasteiger partial charge in [0.25, 0.3) is 0 Å². The Balaban J connectivity index is 2.34. The standard InChI is InChI=1S/C22H35F/c1-16(2)22(23)15-20(6)19(5)11-7-17(3)8-12-21-13-9-18(4)10-14-21/h8,12,15,17-19,21H,1,6-7,9-11,13-14H2,2-5H3/b12-8+,22-15+. The van der Waals surface area contributed by atoms with Gasteiger partial charge in [-0.15, -0.1) is 0 Å². The van der Waals surface area contributed by atoms with Gasteiger partial charge in [0.05, 0.1) is 0 Å². The summed E-state index contributed by atoms with van der Waals surface area (Å²) >= 11 is 0. The number of hydrogen-bond acceptors (Lipinski definition) is 0. The maximum Gasteiger partial charge on any atom is 0.125 e. The summed E-state index contributed by atoms with van der Waals surface area (Å²) in [4.78, 5) is 0. The minimum absolute atomic E-state index is 0.249. The molecule has 0 nitrogen and oxygen atoms in total. The van der Waals surface area contributed by atoms with Crippen molar-refractivity contribution >= 4 is 0 Å². The summed E-state index contributed by atoms with van der Waals surface area (Å²) in [6.07, 6.45) is 14.0. The van der Waals surface area contributed by atoms with Crippen molar-refractivity contribution in [3.63, 3.8) is 0 Å². The minimum atomic E-state index is -0.249. The molecule has 1 rings (SSSR count). The van der Waals surface area contributed by atoms with Crippen LogP contribution in [0, 0.1) is 23.7 Å². The molecule has 1 aliphatic carbocycles. The average Bonchev–Trinajstić information content (AvgIpc) is 2.51. The summed E-state index contributed by atoms with van der Waals surface area (Å²) in [5, 5.41) is 0. The van der Waals surface area contributed by atoms with Gasteiger partial charge in [0.1, 0.15) is 5.83 Å². The molecule has 0 radical (unpaired) electrons. The summed E-state index contributed by atoms with van der Waals surface area (Å²) in [7, 11) is 0. The van der Waals surface area contributed by atoms with E-state index in [2.05, 4.69) is 46.1 Å². The fourth-order valence-electron chi connectivity index (χ4n) is 3.05. The van der Waals surface area contributed by atoms with E-state index in [-0.39, 0.29) is 5.83 Å². The minimum Gasteiger partial charge on any atom is -0.207 e. The molecule has 0 saturated heterocycles. The number of halogens is 1. The molecule has 1 heteroatoms. The third-order valence-electron chi connectivity index (χ3n) is 5.18. The normalized spacial score (nSPS) is 25.3. The van der Waals surface area contributed by atoms with Gasteiger partial charge in [0.2, 0.25) is 0 Å². The molecular formula is C22H35F. The van der Waals surface area contributed by atoms with Gasteiger partial charge in [-0.1, -0.05) is 58.9 Å². The maximum absolute atomic E-state index is 13.6. The van der Waals surface area contributed by atoms with Crippen molar-refractivity contribution in [1.29, 1.82) is 0 Å². The fraction of sp³-hybridized carbons (Fsp3) is 0.636. The molecular weight excluding hydrogens is 283 g/mol. The zero-order valence-corrected chi connectivity index (χ0v) is 15.6. The Kier molecular flexibility index (Phi) is 8.58. The Labute approximate surface area is 143 Å². The van der Waals surface area contributed by atoms with Crippen LogP contribution in [0.3, 0.4) is 0 Å². The van der Waals surface area contributed by atoms with Crippen LogP contribution in [0.5, 0.6) is 0 Å². The predicted molar refractivity (Wildman–Crippen MR) is 101 cm³/mol. The van der Waals surface area contributed by atoms with Gasteiger partial charge in [-0.05, 0) is 73.5 Å². The highest BCUT2D eigenvalue weighted by Crippen LogP contribution is 2.30. The van der Waals surface area contributed by atoms with Crippen molar-refractivity contribution in [2.45, 2.75) is 66.2 Å². The molecule has 2 atom stereocenters. The monoisotopic (exact) mass is 318 g/mol. The molecule has 1 saturated carbocycles. The second-order valence-electron chi connectivity index (χ2n) is 7.71. The highest BCUT2D eigenvalue weighted by molar-refractivity contribution is 5.29. The van der Waals surface area contributed by atoms with Crippen molar-refractivity contribution in [2.24, 2.45) is 23.7 Å². The van der Waals surface area contributed by atoms with Gasteiger partial charge in [-0.3, -0.25) is 0 Å². The van der Waals surface area contributed by atoms with Crippen LogP contribution in [0.1, 0.15) is 66.2 Å². The topological polar surface area (TPSA) is 0 Å². The Bertz CT molecular complexity index is 447. The molecule has 0 heterocycles. The van der Waals surface area contributed by atoms with Gasteiger partial charge in [-0.25, -0.2) is 4.39 Å². The van der Waals surface area contributed by atoms with E-state index < -0.39 is 0 Å². The molecule has 1 fully saturated rings. The Morgan fingerprint density at radius 3 is 2.30 bits per heavy atom. The molecule has 0 aromatic heterocycles. The Hall–Kier alpha value is -1.11. The summed E-state index contributed by atoms with van der Waals surface area (Å²) in [5.74, 6) is 2.34. The lowest BCUT2D eigenvalue weighted by Crippen LogP contribution is -2.10. The van der Waals surface area contributed by atoms with Gasteiger partial charge in [0.15, 0.2) is 0 Å². The average molecular weight is 319 g/mol. The van der Waals surface area contributed by atoms with Crippen LogP contribution in [-0.2, 0) is 0 Å². The number of allylic oxidation sites excluding steroid dienone is 6. The Morgan fingerprint density at radius 1 is 1.13 bits per heavy atom. The first-order valence-electron chi connectivity index (χ1n) is 9.19. The molecule has 1 aliphatic rings. The lowest BCUT2D eigenvalue weighted by Gasteiger charge is -2.24. The second kappa shape index (κ2) is 9.90. The van der Waals surface area contributed by atoms with Crippen LogP contribution in [0.25, 0.3) is 0 Å². The molecule has 0 spiro atoms. The zero-order valence-electron chi connectivity index (χ0n) is 15.6. The number of rotatable bonds is 8. The van der Waals surface area contributed by atoms with Gasteiger partial charge in [0, 0.05) is 0 Å². The van der Waals surface area contributed by atoms with E-state index in [0.717, 1.165) is 30.3 Å². The molecule has 0 aromatic carbocycles. The first-order chi connectivity index (χ1) is 10.8. The molecule has 0 aliphatic heterocycles. The summed E-state index contributed by atoms with van der Waals surface area (Å²) in [6, 6.07) is 0. The van der Waals surface area contributed by atoms with E-state index in [4.69, 9.17) is 0 Å². The molecule has 2 unspecified atom stereocenters. The van der Waals surface area contributed by atoms with Crippen molar-refractivity contribution in [3.05, 3.63) is 48.4 Å².